The summed E-state index contributed by atoms with van der Waals surface area (Å²) in [5.74, 6) is -0.663. The Labute approximate surface area is 146 Å². The van der Waals surface area contributed by atoms with Gasteiger partial charge in [0.2, 0.25) is 5.88 Å². The molecule has 0 radical (unpaired) electrons. The van der Waals surface area contributed by atoms with Gasteiger partial charge < -0.3 is 9.52 Å². The molecule has 0 aliphatic heterocycles. The van der Waals surface area contributed by atoms with Crippen LogP contribution < -0.4 is 16.7 Å². The number of benzene rings is 1. The average molecular weight is 354 g/mol. The molecule has 2 aromatic heterocycles. The lowest BCUT2D eigenvalue weighted by atomic mass is 10.2. The number of hydrazone groups is 1. The van der Waals surface area contributed by atoms with Gasteiger partial charge in [-0.05, 0) is 24.3 Å². The fourth-order valence-electron chi connectivity index (χ4n) is 2.21. The first-order chi connectivity index (χ1) is 12.6. The van der Waals surface area contributed by atoms with Crippen molar-refractivity contribution in [3.05, 3.63) is 86.5 Å². The van der Waals surface area contributed by atoms with Crippen LogP contribution in [0.15, 0.2) is 67.8 Å². The number of H-pyrrole nitrogens is 1. The number of nitrogens with one attached hydrogen (secondary N) is 2. The number of carbonyl (C=O) groups excluding carboxylic acids is 1. The van der Waals surface area contributed by atoms with Crippen LogP contribution in [-0.2, 0) is 6.54 Å². The Morgan fingerprint density at radius 2 is 2.00 bits per heavy atom. The Balaban J connectivity index is 1.84. The molecule has 0 aliphatic rings. The van der Waals surface area contributed by atoms with Crippen molar-refractivity contribution in [3.8, 4) is 5.88 Å². The molecule has 1 amide bonds. The van der Waals surface area contributed by atoms with E-state index < -0.39 is 23.0 Å². The summed E-state index contributed by atoms with van der Waals surface area (Å²) in [7, 11) is 0. The molecule has 3 rings (SSSR count). The number of carbonyl (C=O) groups is 1. The summed E-state index contributed by atoms with van der Waals surface area (Å²) in [5.41, 5.74) is 0.719. The third kappa shape index (κ3) is 3.61. The number of aromatic amines is 1. The second-order valence-corrected chi connectivity index (χ2v) is 5.23. The molecule has 2 heterocycles. The van der Waals surface area contributed by atoms with E-state index in [1.807, 2.05) is 0 Å². The second kappa shape index (κ2) is 7.34. The van der Waals surface area contributed by atoms with Crippen LogP contribution >= 0.6 is 0 Å². The normalized spacial score (nSPS) is 10.9. The number of amides is 1. The summed E-state index contributed by atoms with van der Waals surface area (Å²) in [6.45, 7) is -0.0777. The molecule has 3 aromatic rings. The molecular weight excluding hydrogens is 340 g/mol. The van der Waals surface area contributed by atoms with Crippen molar-refractivity contribution in [1.29, 1.82) is 0 Å². The zero-order valence-corrected chi connectivity index (χ0v) is 13.4. The molecular formula is C17H14N4O5. The minimum Gasteiger partial charge on any atom is -0.494 e. The maximum absolute atomic E-state index is 11.9. The average Bonchev–Trinajstić information content (AvgIpc) is 3.15. The van der Waals surface area contributed by atoms with Crippen molar-refractivity contribution >= 4 is 12.1 Å². The Morgan fingerprint density at radius 3 is 2.69 bits per heavy atom. The fourth-order valence-corrected chi connectivity index (χ4v) is 2.21. The lowest BCUT2D eigenvalue weighted by Crippen LogP contribution is -2.32. The monoisotopic (exact) mass is 354 g/mol. The van der Waals surface area contributed by atoms with Crippen molar-refractivity contribution in [1.82, 2.24) is 15.0 Å². The van der Waals surface area contributed by atoms with Crippen LogP contribution in [0.5, 0.6) is 5.88 Å². The smallest absolute Gasteiger partial charge is 0.331 e. The topological polar surface area (TPSA) is 130 Å². The molecule has 0 unspecified atom stereocenters. The summed E-state index contributed by atoms with van der Waals surface area (Å²) in [5, 5.41) is 13.9. The van der Waals surface area contributed by atoms with E-state index in [0.717, 1.165) is 10.8 Å². The Bertz CT molecular complexity index is 1050. The zero-order chi connectivity index (χ0) is 18.5. The van der Waals surface area contributed by atoms with Gasteiger partial charge in [0.15, 0.2) is 0 Å². The third-order valence-corrected chi connectivity index (χ3v) is 3.50. The van der Waals surface area contributed by atoms with Gasteiger partial charge in [0.25, 0.3) is 11.5 Å². The van der Waals surface area contributed by atoms with Gasteiger partial charge in [0.05, 0.1) is 19.0 Å². The minimum absolute atomic E-state index is 0.0777. The molecule has 9 heteroatoms. The van der Waals surface area contributed by atoms with Crippen LogP contribution in [0.25, 0.3) is 0 Å². The van der Waals surface area contributed by atoms with Crippen LogP contribution in [0.1, 0.15) is 21.7 Å². The van der Waals surface area contributed by atoms with Crippen molar-refractivity contribution in [2.45, 2.75) is 6.54 Å². The zero-order valence-electron chi connectivity index (χ0n) is 13.4. The predicted octanol–water partition coefficient (Wildman–Crippen LogP) is 0.647. The molecule has 0 atom stereocenters. The number of aromatic hydroxyl groups is 1. The van der Waals surface area contributed by atoms with Crippen molar-refractivity contribution in [3.63, 3.8) is 0 Å². The molecule has 3 N–H and O–H groups in total. The first-order valence-electron chi connectivity index (χ1n) is 7.53. The van der Waals surface area contributed by atoms with Crippen LogP contribution in [0.2, 0.25) is 0 Å². The second-order valence-electron chi connectivity index (χ2n) is 5.23. The minimum atomic E-state index is -0.832. The Kier molecular flexibility index (Phi) is 4.79. The van der Waals surface area contributed by atoms with E-state index in [4.69, 9.17) is 4.42 Å². The lowest BCUT2D eigenvalue weighted by molar-refractivity contribution is 0.0955. The highest BCUT2D eigenvalue weighted by Gasteiger charge is 2.14. The molecule has 0 fully saturated rings. The lowest BCUT2D eigenvalue weighted by Gasteiger charge is -2.07. The molecule has 26 heavy (non-hydrogen) atoms. The number of rotatable bonds is 5. The first kappa shape index (κ1) is 17.0. The highest BCUT2D eigenvalue weighted by atomic mass is 16.3. The molecule has 0 aliphatic carbocycles. The number of aromatic nitrogens is 2. The van der Waals surface area contributed by atoms with E-state index in [2.05, 4.69) is 15.5 Å². The molecule has 0 saturated heterocycles. The van der Waals surface area contributed by atoms with E-state index in [-0.39, 0.29) is 12.1 Å². The van der Waals surface area contributed by atoms with Crippen molar-refractivity contribution < 1.29 is 14.3 Å². The van der Waals surface area contributed by atoms with E-state index >= 15 is 0 Å². The van der Waals surface area contributed by atoms with Crippen molar-refractivity contribution in [2.24, 2.45) is 5.10 Å². The molecule has 9 nitrogen and oxygen atoms in total. The molecule has 132 valence electrons. The largest absolute Gasteiger partial charge is 0.494 e. The molecule has 0 spiro atoms. The van der Waals surface area contributed by atoms with Crippen LogP contribution in [0.4, 0.5) is 0 Å². The number of nitrogens with zero attached hydrogens (tertiary/aromatic N) is 2. The highest BCUT2D eigenvalue weighted by Crippen LogP contribution is 2.11. The number of hydrogen-bond acceptors (Lipinski definition) is 6. The van der Waals surface area contributed by atoms with Crippen LogP contribution in [0, 0.1) is 0 Å². The Morgan fingerprint density at radius 1 is 1.23 bits per heavy atom. The summed E-state index contributed by atoms with van der Waals surface area (Å²) >= 11 is 0. The highest BCUT2D eigenvalue weighted by molar-refractivity contribution is 5.94. The van der Waals surface area contributed by atoms with Gasteiger partial charge in [-0.2, -0.15) is 5.10 Å². The van der Waals surface area contributed by atoms with Gasteiger partial charge in [-0.1, -0.05) is 18.2 Å². The molecule has 1 aromatic carbocycles. The van der Waals surface area contributed by atoms with E-state index in [1.54, 1.807) is 42.5 Å². The standard InChI is InChI=1S/C17H14N4O5/c22-14(11-5-2-1-3-6-11)20-18-9-13-15(23)19-17(25)21(16(13)24)10-12-7-4-8-26-12/h1-9,24H,10H2,(H,20,22)(H,19,23,25)/b18-9+. The maximum atomic E-state index is 11.9. The SMILES string of the molecule is O=C(N/N=C/c1c(O)n(Cc2ccco2)c(=O)[nH]c1=O)c1ccccc1. The Hall–Kier alpha value is -3.88. The third-order valence-electron chi connectivity index (χ3n) is 3.50. The molecule has 0 bridgehead atoms. The number of hydrogen-bond donors (Lipinski definition) is 3. The van der Waals surface area contributed by atoms with Gasteiger partial charge in [-0.3, -0.25) is 19.1 Å². The summed E-state index contributed by atoms with van der Waals surface area (Å²) in [6.07, 6.45) is 2.39. The summed E-state index contributed by atoms with van der Waals surface area (Å²) in [6, 6.07) is 11.6. The van der Waals surface area contributed by atoms with E-state index in [1.165, 1.54) is 6.26 Å². The quantitative estimate of drug-likeness (QED) is 0.457. The summed E-state index contributed by atoms with van der Waals surface area (Å²) in [4.78, 5) is 37.8. The summed E-state index contributed by atoms with van der Waals surface area (Å²) < 4.78 is 6.04. The maximum Gasteiger partial charge on any atom is 0.331 e. The van der Waals surface area contributed by atoms with E-state index in [9.17, 15) is 19.5 Å². The van der Waals surface area contributed by atoms with Gasteiger partial charge >= 0.3 is 5.69 Å². The van der Waals surface area contributed by atoms with Crippen LogP contribution in [-0.4, -0.2) is 26.8 Å². The van der Waals surface area contributed by atoms with Gasteiger partial charge in [0, 0.05) is 5.56 Å². The number of furan rings is 1. The van der Waals surface area contributed by atoms with Crippen molar-refractivity contribution in [2.75, 3.05) is 0 Å². The fraction of sp³-hybridized carbons (Fsp3) is 0.0588. The van der Waals surface area contributed by atoms with Gasteiger partial charge in [0.1, 0.15) is 11.3 Å². The predicted molar refractivity (Wildman–Crippen MR) is 92.3 cm³/mol. The van der Waals surface area contributed by atoms with Crippen LogP contribution in [0.3, 0.4) is 0 Å². The van der Waals surface area contributed by atoms with Gasteiger partial charge in [-0.15, -0.1) is 0 Å². The van der Waals surface area contributed by atoms with E-state index in [0.29, 0.717) is 11.3 Å². The molecule has 0 saturated carbocycles. The first-order valence-corrected chi connectivity index (χ1v) is 7.53. The van der Waals surface area contributed by atoms with Gasteiger partial charge in [-0.25, -0.2) is 10.2 Å².